The smallest absolute Gasteiger partial charge is 0.0190 e. The molecule has 0 fully saturated rings. The van der Waals surface area contributed by atoms with Crippen LogP contribution in [0, 0.1) is 19.9 Å². The van der Waals surface area contributed by atoms with Crippen molar-refractivity contribution in [3.8, 4) is 0 Å². The van der Waals surface area contributed by atoms with Crippen molar-refractivity contribution in [1.82, 2.24) is 4.98 Å². The van der Waals surface area contributed by atoms with Gasteiger partial charge in [0.25, 0.3) is 0 Å². The molecule has 0 bridgehead atoms. The van der Waals surface area contributed by atoms with Crippen molar-refractivity contribution < 1.29 is 20.1 Å². The molecule has 3 aromatic rings. The Hall–Kier alpha value is -1.24. The van der Waals surface area contributed by atoms with Gasteiger partial charge in [-0.2, -0.15) is 0 Å². The number of hydrogen-bond donors (Lipinski definition) is 0. The molecule has 0 saturated heterocycles. The standard InChI is InChI=1S/C15H12N.Ir/c1-10-3-6-14-12(7-10)4-5-13-8-11(2)9-16-15(13)14;/h3-5,7-9H,1-2H3;/q-1;. The number of aryl methyl sites for hydroxylation is 2. The molecule has 0 amide bonds. The average molecular weight is 398 g/mol. The zero-order valence-electron chi connectivity index (χ0n) is 9.74. The van der Waals surface area contributed by atoms with Crippen LogP contribution in [0.25, 0.3) is 21.7 Å². The third-order valence-corrected chi connectivity index (χ3v) is 2.85. The summed E-state index contributed by atoms with van der Waals surface area (Å²) in [6.07, 6.45) is 1.91. The molecule has 1 radical (unpaired) electrons. The van der Waals surface area contributed by atoms with Crippen LogP contribution in [0.3, 0.4) is 0 Å². The molecule has 0 aliphatic rings. The molecule has 2 aromatic carbocycles. The molecule has 17 heavy (non-hydrogen) atoms. The summed E-state index contributed by atoms with van der Waals surface area (Å²) in [5, 5.41) is 3.51. The molecule has 87 valence electrons. The molecular formula is C15H12IrN-. The van der Waals surface area contributed by atoms with Crippen molar-refractivity contribution in [3.63, 3.8) is 0 Å². The maximum Gasteiger partial charge on any atom is 0.0190 e. The van der Waals surface area contributed by atoms with Crippen molar-refractivity contribution in [1.29, 1.82) is 0 Å². The first kappa shape index (κ1) is 12.2. The van der Waals surface area contributed by atoms with Crippen LogP contribution in [-0.4, -0.2) is 4.98 Å². The summed E-state index contributed by atoms with van der Waals surface area (Å²) in [4.78, 5) is 4.51. The summed E-state index contributed by atoms with van der Waals surface area (Å²) in [5.74, 6) is 0. The Bertz CT molecular complexity index is 628. The Labute approximate surface area is 114 Å². The fourth-order valence-corrected chi connectivity index (χ4v) is 2.07. The van der Waals surface area contributed by atoms with Gasteiger partial charge in [-0.3, -0.25) is 0 Å². The largest absolute Gasteiger partial charge is 0.304 e. The van der Waals surface area contributed by atoms with E-state index in [1.165, 1.54) is 21.9 Å². The van der Waals surface area contributed by atoms with Crippen LogP contribution in [0.5, 0.6) is 0 Å². The van der Waals surface area contributed by atoms with Gasteiger partial charge in [-0.05, 0) is 23.4 Å². The van der Waals surface area contributed by atoms with Gasteiger partial charge in [0, 0.05) is 26.3 Å². The molecule has 0 saturated carbocycles. The summed E-state index contributed by atoms with van der Waals surface area (Å²) < 4.78 is 0. The molecule has 0 aliphatic carbocycles. The first-order valence-corrected chi connectivity index (χ1v) is 5.41. The summed E-state index contributed by atoms with van der Waals surface area (Å²) in [7, 11) is 0. The second-order valence-corrected chi connectivity index (χ2v) is 4.29. The Morgan fingerprint density at radius 1 is 1.00 bits per heavy atom. The van der Waals surface area contributed by atoms with E-state index in [0.717, 1.165) is 10.9 Å². The zero-order chi connectivity index (χ0) is 11.1. The molecule has 1 heterocycles. The summed E-state index contributed by atoms with van der Waals surface area (Å²) >= 11 is 0. The molecule has 2 heteroatoms. The van der Waals surface area contributed by atoms with E-state index in [1.54, 1.807) is 0 Å². The minimum absolute atomic E-state index is 0. The van der Waals surface area contributed by atoms with Crippen molar-refractivity contribution >= 4 is 21.7 Å². The van der Waals surface area contributed by atoms with E-state index in [2.05, 4.69) is 49.2 Å². The first-order chi connectivity index (χ1) is 7.74. The van der Waals surface area contributed by atoms with Crippen molar-refractivity contribution in [2.45, 2.75) is 13.8 Å². The quantitative estimate of drug-likeness (QED) is 0.415. The van der Waals surface area contributed by atoms with E-state index in [1.807, 2.05) is 12.3 Å². The minimum atomic E-state index is 0. The Morgan fingerprint density at radius 2 is 1.71 bits per heavy atom. The number of benzene rings is 2. The molecule has 3 rings (SSSR count). The molecular weight excluding hydrogens is 386 g/mol. The Kier molecular flexibility index (Phi) is 3.28. The molecule has 0 unspecified atom stereocenters. The van der Waals surface area contributed by atoms with E-state index in [0.29, 0.717) is 0 Å². The van der Waals surface area contributed by atoms with E-state index in [9.17, 15) is 0 Å². The molecule has 1 aromatic heterocycles. The van der Waals surface area contributed by atoms with Crippen LogP contribution in [0.15, 0.2) is 36.5 Å². The Morgan fingerprint density at radius 3 is 2.53 bits per heavy atom. The zero-order valence-corrected chi connectivity index (χ0v) is 12.1. The number of hydrogen-bond acceptors (Lipinski definition) is 1. The minimum Gasteiger partial charge on any atom is -0.304 e. The third kappa shape index (κ3) is 2.11. The fourth-order valence-electron chi connectivity index (χ4n) is 2.07. The van der Waals surface area contributed by atoms with Gasteiger partial charge < -0.3 is 4.98 Å². The summed E-state index contributed by atoms with van der Waals surface area (Å²) in [5.41, 5.74) is 3.47. The van der Waals surface area contributed by atoms with Gasteiger partial charge in [0.15, 0.2) is 0 Å². The number of pyridine rings is 1. The van der Waals surface area contributed by atoms with Crippen LogP contribution < -0.4 is 0 Å². The number of rotatable bonds is 0. The van der Waals surface area contributed by atoms with Gasteiger partial charge in [0.05, 0.1) is 0 Å². The third-order valence-electron chi connectivity index (χ3n) is 2.85. The molecule has 0 N–H and O–H groups in total. The van der Waals surface area contributed by atoms with E-state index >= 15 is 0 Å². The van der Waals surface area contributed by atoms with Crippen LogP contribution in [0.1, 0.15) is 11.1 Å². The van der Waals surface area contributed by atoms with Crippen molar-refractivity contribution in [2.75, 3.05) is 0 Å². The first-order valence-electron chi connectivity index (χ1n) is 5.41. The average Bonchev–Trinajstić information content (AvgIpc) is 2.28. The summed E-state index contributed by atoms with van der Waals surface area (Å²) in [6.45, 7) is 4.15. The maximum absolute atomic E-state index is 4.51. The van der Waals surface area contributed by atoms with Crippen LogP contribution >= 0.6 is 0 Å². The topological polar surface area (TPSA) is 12.9 Å². The molecule has 1 nitrogen and oxygen atoms in total. The van der Waals surface area contributed by atoms with Gasteiger partial charge >= 0.3 is 0 Å². The van der Waals surface area contributed by atoms with Crippen molar-refractivity contribution in [3.05, 3.63) is 53.7 Å². The monoisotopic (exact) mass is 399 g/mol. The number of fused-ring (bicyclic) bond motifs is 3. The normalized spacial score (nSPS) is 10.5. The summed E-state index contributed by atoms with van der Waals surface area (Å²) in [6, 6.07) is 13.9. The molecule has 0 atom stereocenters. The van der Waals surface area contributed by atoms with Gasteiger partial charge in [0.1, 0.15) is 0 Å². The molecule has 0 aliphatic heterocycles. The second-order valence-electron chi connectivity index (χ2n) is 4.29. The predicted molar refractivity (Wildman–Crippen MR) is 67.6 cm³/mol. The second kappa shape index (κ2) is 4.56. The van der Waals surface area contributed by atoms with Crippen LogP contribution in [0.4, 0.5) is 0 Å². The number of nitrogens with zero attached hydrogens (tertiary/aromatic N) is 1. The molecule has 0 spiro atoms. The van der Waals surface area contributed by atoms with Gasteiger partial charge in [0.2, 0.25) is 0 Å². The van der Waals surface area contributed by atoms with E-state index in [4.69, 9.17) is 0 Å². The van der Waals surface area contributed by atoms with E-state index in [-0.39, 0.29) is 20.1 Å². The van der Waals surface area contributed by atoms with Gasteiger partial charge in [-0.25, -0.2) is 0 Å². The van der Waals surface area contributed by atoms with Crippen LogP contribution in [-0.2, 0) is 20.1 Å². The van der Waals surface area contributed by atoms with Gasteiger partial charge in [-0.15, -0.1) is 34.5 Å². The Balaban J connectivity index is 0.00000108. The van der Waals surface area contributed by atoms with Crippen molar-refractivity contribution in [2.24, 2.45) is 0 Å². The van der Waals surface area contributed by atoms with E-state index < -0.39 is 0 Å². The SMILES string of the molecule is Cc1c[c-]c2c(ccc3cc(C)cnc32)c1.[Ir]. The van der Waals surface area contributed by atoms with Gasteiger partial charge in [-0.1, -0.05) is 25.1 Å². The maximum atomic E-state index is 4.51. The fraction of sp³-hybridized carbons (Fsp3) is 0.133. The van der Waals surface area contributed by atoms with Crippen LogP contribution in [0.2, 0.25) is 0 Å². The predicted octanol–water partition coefficient (Wildman–Crippen LogP) is 3.80. The number of aromatic nitrogens is 1.